The van der Waals surface area contributed by atoms with Crippen molar-refractivity contribution in [3.05, 3.63) is 88.9 Å². The average molecular weight is 520 g/mol. The van der Waals surface area contributed by atoms with Gasteiger partial charge in [-0.15, -0.1) is 0 Å². The van der Waals surface area contributed by atoms with E-state index in [0.29, 0.717) is 29.9 Å². The van der Waals surface area contributed by atoms with Crippen LogP contribution in [0.1, 0.15) is 59.8 Å². The number of nitrogens with zero attached hydrogens (tertiary/aromatic N) is 2. The highest BCUT2D eigenvalue weighted by molar-refractivity contribution is 5.98. The summed E-state index contributed by atoms with van der Waals surface area (Å²) in [5.41, 5.74) is 2.68. The third kappa shape index (κ3) is 7.09. The summed E-state index contributed by atoms with van der Waals surface area (Å²) in [6.07, 6.45) is 2.58. The number of anilines is 1. The molecule has 0 bridgehead atoms. The molecule has 0 unspecified atom stereocenters. The molecule has 3 aromatic rings. The molecule has 0 radical (unpaired) electrons. The molecule has 0 saturated heterocycles. The van der Waals surface area contributed by atoms with Crippen LogP contribution in [-0.2, 0) is 17.6 Å². The molecular weight excluding hydrogens is 485 g/mol. The number of amides is 1. The Hall–Kier alpha value is -3.94. The first-order chi connectivity index (χ1) is 18.4. The molecule has 200 valence electrons. The van der Waals surface area contributed by atoms with Crippen LogP contribution >= 0.6 is 0 Å². The van der Waals surface area contributed by atoms with Gasteiger partial charge >= 0.3 is 5.97 Å². The summed E-state index contributed by atoms with van der Waals surface area (Å²) in [7, 11) is 0. The van der Waals surface area contributed by atoms with Gasteiger partial charge in [0.2, 0.25) is 0 Å². The van der Waals surface area contributed by atoms with Crippen molar-refractivity contribution in [1.29, 1.82) is 0 Å². The van der Waals surface area contributed by atoms with Crippen LogP contribution in [0, 0.1) is 5.82 Å². The van der Waals surface area contributed by atoms with Gasteiger partial charge in [-0.2, -0.15) is 0 Å². The number of hydrogen-bond donors (Lipinski definition) is 2. The number of aliphatic carboxylic acids is 1. The Balaban J connectivity index is 1.32. The number of carbonyl (C=O) groups excluding carboxylic acids is 1. The van der Waals surface area contributed by atoms with E-state index in [0.717, 1.165) is 43.0 Å². The number of pyridine rings is 1. The van der Waals surface area contributed by atoms with E-state index in [1.165, 1.54) is 18.2 Å². The minimum atomic E-state index is -1.13. The second kappa shape index (κ2) is 12.5. The first-order valence-electron chi connectivity index (χ1n) is 13.1. The second-order valence-corrected chi connectivity index (χ2v) is 9.48. The van der Waals surface area contributed by atoms with Crippen LogP contribution in [0.25, 0.3) is 0 Å². The van der Waals surface area contributed by atoms with Gasteiger partial charge < -0.3 is 20.1 Å². The molecule has 0 spiro atoms. The van der Waals surface area contributed by atoms with Crippen molar-refractivity contribution in [3.63, 3.8) is 0 Å². The lowest BCUT2D eigenvalue weighted by Gasteiger charge is -2.20. The maximum absolute atomic E-state index is 13.7. The topological polar surface area (TPSA) is 91.8 Å². The zero-order valence-electron chi connectivity index (χ0n) is 21.8. The molecule has 38 heavy (non-hydrogen) atoms. The summed E-state index contributed by atoms with van der Waals surface area (Å²) < 4.78 is 19.6. The highest BCUT2D eigenvalue weighted by Gasteiger charge is 2.30. The van der Waals surface area contributed by atoms with Crippen molar-refractivity contribution in [2.24, 2.45) is 0 Å². The number of hydrogen-bond acceptors (Lipinski definition) is 5. The normalized spacial score (nSPS) is 13.6. The van der Waals surface area contributed by atoms with Crippen LogP contribution in [-0.4, -0.2) is 47.7 Å². The van der Waals surface area contributed by atoms with Crippen LogP contribution in [0.5, 0.6) is 5.75 Å². The number of rotatable bonds is 13. The van der Waals surface area contributed by atoms with Gasteiger partial charge in [0.1, 0.15) is 23.4 Å². The average Bonchev–Trinajstić information content (AvgIpc) is 3.76. The molecule has 2 aromatic carbocycles. The summed E-state index contributed by atoms with van der Waals surface area (Å²) in [6.45, 7) is 6.47. The number of benzene rings is 2. The maximum Gasteiger partial charge on any atom is 0.326 e. The molecule has 1 aromatic heterocycles. The van der Waals surface area contributed by atoms with E-state index in [1.807, 2.05) is 18.2 Å². The summed E-state index contributed by atoms with van der Waals surface area (Å²) in [6, 6.07) is 16.1. The quantitative estimate of drug-likeness (QED) is 0.331. The highest BCUT2D eigenvalue weighted by Crippen LogP contribution is 2.42. The van der Waals surface area contributed by atoms with Gasteiger partial charge in [-0.3, -0.25) is 4.79 Å². The Labute approximate surface area is 222 Å². The van der Waals surface area contributed by atoms with E-state index >= 15 is 0 Å². The molecule has 7 nitrogen and oxygen atoms in total. The van der Waals surface area contributed by atoms with Crippen LogP contribution in [0.4, 0.5) is 10.2 Å². The van der Waals surface area contributed by atoms with E-state index in [9.17, 15) is 19.1 Å². The van der Waals surface area contributed by atoms with Gasteiger partial charge in [0, 0.05) is 37.2 Å². The number of halogens is 1. The van der Waals surface area contributed by atoms with Gasteiger partial charge in [-0.1, -0.05) is 18.2 Å². The minimum absolute atomic E-state index is 0.114. The number of carbonyl (C=O) groups is 2. The van der Waals surface area contributed by atoms with Gasteiger partial charge in [0.25, 0.3) is 5.91 Å². The van der Waals surface area contributed by atoms with Crippen LogP contribution < -0.4 is 15.0 Å². The molecule has 1 saturated carbocycles. The van der Waals surface area contributed by atoms with Crippen molar-refractivity contribution in [2.75, 3.05) is 24.6 Å². The summed E-state index contributed by atoms with van der Waals surface area (Å²) in [5, 5.41) is 12.3. The van der Waals surface area contributed by atoms with E-state index in [-0.39, 0.29) is 12.3 Å². The number of carboxylic acids is 1. The van der Waals surface area contributed by atoms with Crippen molar-refractivity contribution >= 4 is 17.7 Å². The molecule has 4 rings (SSSR count). The van der Waals surface area contributed by atoms with E-state index < -0.39 is 23.7 Å². The molecule has 1 aliphatic carbocycles. The Kier molecular flexibility index (Phi) is 8.94. The summed E-state index contributed by atoms with van der Waals surface area (Å²) in [5.74, 6) is -0.245. The Morgan fingerprint density at radius 3 is 2.50 bits per heavy atom. The van der Waals surface area contributed by atoms with Crippen molar-refractivity contribution in [2.45, 2.75) is 51.5 Å². The Morgan fingerprint density at radius 1 is 1.11 bits per heavy atom. The SMILES string of the molecule is CCN(CC)c1cccc(CCOc2ccc(C[C@H](NC(=O)c3ccc(F)cc3C3CC3)C(=O)O)cc2)n1. The third-order valence-corrected chi connectivity index (χ3v) is 6.75. The second-order valence-electron chi connectivity index (χ2n) is 9.48. The number of ether oxygens (including phenoxy) is 1. The minimum Gasteiger partial charge on any atom is -0.493 e. The van der Waals surface area contributed by atoms with Gasteiger partial charge in [0.05, 0.1) is 6.61 Å². The highest BCUT2D eigenvalue weighted by atomic mass is 19.1. The maximum atomic E-state index is 13.7. The number of nitrogens with one attached hydrogen (secondary N) is 1. The molecule has 1 heterocycles. The standard InChI is InChI=1S/C30H34FN3O4/c1-3-34(4-2)28-7-5-6-23(32-28)16-17-38-24-13-8-20(9-14-24)18-27(30(36)37)33-29(35)25-15-12-22(31)19-26(25)21-10-11-21/h5-9,12-15,19,21,27H,3-4,10-11,16-18H2,1-2H3,(H,33,35)(H,36,37)/t27-/m0/s1. The number of carboxylic acid groups (broad SMARTS) is 1. The smallest absolute Gasteiger partial charge is 0.326 e. The molecular formula is C30H34FN3O4. The predicted molar refractivity (Wildman–Crippen MR) is 144 cm³/mol. The van der Waals surface area contributed by atoms with Gasteiger partial charge in [-0.05, 0) is 86.2 Å². The van der Waals surface area contributed by atoms with E-state index in [1.54, 1.807) is 24.3 Å². The van der Waals surface area contributed by atoms with Crippen molar-refractivity contribution in [3.8, 4) is 5.75 Å². The molecule has 1 atom stereocenters. The van der Waals surface area contributed by atoms with Crippen LogP contribution in [0.3, 0.4) is 0 Å². The monoisotopic (exact) mass is 519 g/mol. The third-order valence-electron chi connectivity index (χ3n) is 6.75. The molecule has 2 N–H and O–H groups in total. The molecule has 1 aliphatic rings. The van der Waals surface area contributed by atoms with Crippen LogP contribution in [0.2, 0.25) is 0 Å². The first kappa shape index (κ1) is 27.1. The zero-order chi connectivity index (χ0) is 27.1. The lowest BCUT2D eigenvalue weighted by molar-refractivity contribution is -0.139. The fourth-order valence-corrected chi connectivity index (χ4v) is 4.47. The summed E-state index contributed by atoms with van der Waals surface area (Å²) in [4.78, 5) is 31.7. The molecule has 0 aliphatic heterocycles. The number of aromatic nitrogens is 1. The summed E-state index contributed by atoms with van der Waals surface area (Å²) >= 11 is 0. The zero-order valence-corrected chi connectivity index (χ0v) is 21.8. The van der Waals surface area contributed by atoms with E-state index in [4.69, 9.17) is 9.72 Å². The molecule has 8 heteroatoms. The van der Waals surface area contributed by atoms with Crippen molar-refractivity contribution in [1.82, 2.24) is 10.3 Å². The Bertz CT molecular complexity index is 1260. The molecule has 1 amide bonds. The first-order valence-corrected chi connectivity index (χ1v) is 13.1. The fourth-order valence-electron chi connectivity index (χ4n) is 4.47. The predicted octanol–water partition coefficient (Wildman–Crippen LogP) is 4.99. The van der Waals surface area contributed by atoms with Crippen molar-refractivity contribution < 1.29 is 23.8 Å². The lowest BCUT2D eigenvalue weighted by atomic mass is 10.0. The molecule has 1 fully saturated rings. The Morgan fingerprint density at radius 2 is 1.84 bits per heavy atom. The van der Waals surface area contributed by atoms with Crippen LogP contribution in [0.15, 0.2) is 60.7 Å². The largest absolute Gasteiger partial charge is 0.493 e. The van der Waals surface area contributed by atoms with E-state index in [2.05, 4.69) is 24.1 Å². The fraction of sp³-hybridized carbons (Fsp3) is 0.367. The van der Waals surface area contributed by atoms with Gasteiger partial charge in [-0.25, -0.2) is 14.2 Å². The van der Waals surface area contributed by atoms with Gasteiger partial charge in [0.15, 0.2) is 0 Å². The lowest BCUT2D eigenvalue weighted by Crippen LogP contribution is -2.42.